The second-order valence-electron chi connectivity index (χ2n) is 7.62. The van der Waals surface area contributed by atoms with E-state index in [-0.39, 0.29) is 17.5 Å². The monoisotopic (exact) mass is 372 g/mol. The summed E-state index contributed by atoms with van der Waals surface area (Å²) >= 11 is 0. The molecule has 1 spiro atoms. The largest absolute Gasteiger partial charge is 0.416 e. The molecule has 1 N–H and O–H groups in total. The van der Waals surface area contributed by atoms with E-state index in [9.17, 15) is 13.2 Å². The summed E-state index contributed by atoms with van der Waals surface area (Å²) in [6.45, 7) is 0.0436. The molecular formula is C22H23F3N2. The van der Waals surface area contributed by atoms with Gasteiger partial charge in [0.2, 0.25) is 0 Å². The number of nitrogens with zero attached hydrogens (tertiary/aromatic N) is 1. The minimum atomic E-state index is -4.36. The molecule has 1 saturated carbocycles. The van der Waals surface area contributed by atoms with Crippen molar-refractivity contribution in [3.8, 4) is 0 Å². The fourth-order valence-corrected chi connectivity index (χ4v) is 4.45. The highest BCUT2D eigenvalue weighted by Gasteiger charge is 2.41. The Bertz CT molecular complexity index is 849. The molecule has 0 atom stereocenters. The molecule has 1 aliphatic heterocycles. The van der Waals surface area contributed by atoms with Gasteiger partial charge >= 0.3 is 6.18 Å². The molecule has 0 aromatic heterocycles. The molecule has 2 aliphatic rings. The first kappa shape index (κ1) is 18.1. The number of fused-ring (bicyclic) bond motifs is 1. The first-order chi connectivity index (χ1) is 13.0. The Morgan fingerprint density at radius 1 is 0.926 bits per heavy atom. The second kappa shape index (κ2) is 7.02. The average Bonchev–Trinajstić information content (AvgIpc) is 2.66. The maximum absolute atomic E-state index is 13.3. The number of para-hydroxylation sites is 1. The number of benzene rings is 2. The van der Waals surface area contributed by atoms with Crippen molar-refractivity contribution >= 4 is 11.5 Å². The normalized spacial score (nSPS) is 20.3. The molecule has 2 aromatic carbocycles. The average molecular weight is 372 g/mol. The van der Waals surface area contributed by atoms with Crippen LogP contribution in [0.2, 0.25) is 0 Å². The highest BCUT2D eigenvalue weighted by Crippen LogP contribution is 2.45. The maximum Gasteiger partial charge on any atom is 0.416 e. The molecule has 0 unspecified atom stereocenters. The van der Waals surface area contributed by atoms with E-state index in [4.69, 9.17) is 4.99 Å². The number of anilines is 1. The summed E-state index contributed by atoms with van der Waals surface area (Å²) in [7, 11) is 0. The summed E-state index contributed by atoms with van der Waals surface area (Å²) in [5.74, 6) is 0.859. The molecule has 1 heterocycles. The highest BCUT2D eigenvalue weighted by molar-refractivity contribution is 6.02. The molecule has 142 valence electrons. The summed E-state index contributed by atoms with van der Waals surface area (Å²) in [5.41, 5.74) is 1.86. The number of hydrogen-bond donors (Lipinski definition) is 1. The molecule has 4 rings (SSSR count). The predicted octanol–water partition coefficient (Wildman–Crippen LogP) is 6.22. The first-order valence-electron chi connectivity index (χ1n) is 9.53. The zero-order chi connectivity index (χ0) is 18.9. The molecule has 0 radical (unpaired) electrons. The lowest BCUT2D eigenvalue weighted by Crippen LogP contribution is -2.43. The third kappa shape index (κ3) is 3.60. The minimum absolute atomic E-state index is 0.0436. The second-order valence-corrected chi connectivity index (χ2v) is 7.62. The smallest absolute Gasteiger partial charge is 0.343 e. The van der Waals surface area contributed by atoms with Gasteiger partial charge < -0.3 is 5.32 Å². The van der Waals surface area contributed by atoms with Crippen molar-refractivity contribution in [2.75, 3.05) is 5.32 Å². The van der Waals surface area contributed by atoms with Crippen LogP contribution in [0.4, 0.5) is 18.9 Å². The number of halogens is 3. The zero-order valence-corrected chi connectivity index (χ0v) is 15.1. The molecule has 0 bridgehead atoms. The van der Waals surface area contributed by atoms with Crippen LogP contribution >= 0.6 is 0 Å². The fourth-order valence-electron chi connectivity index (χ4n) is 4.45. The van der Waals surface area contributed by atoms with E-state index in [0.717, 1.165) is 49.7 Å². The molecule has 0 saturated heterocycles. The van der Waals surface area contributed by atoms with Crippen molar-refractivity contribution in [2.45, 2.75) is 51.2 Å². The molecular weight excluding hydrogens is 349 g/mol. The van der Waals surface area contributed by atoms with E-state index in [1.54, 1.807) is 6.07 Å². The predicted molar refractivity (Wildman–Crippen MR) is 102 cm³/mol. The van der Waals surface area contributed by atoms with E-state index in [0.29, 0.717) is 0 Å². The van der Waals surface area contributed by atoms with Crippen molar-refractivity contribution in [3.05, 3.63) is 65.2 Å². The van der Waals surface area contributed by atoms with Crippen LogP contribution < -0.4 is 5.32 Å². The SMILES string of the molecule is FC(F)(F)c1ccccc1CN=C1Nc2ccccc2CC12CCCCC2. The number of alkyl halides is 3. The van der Waals surface area contributed by atoms with Crippen molar-refractivity contribution in [2.24, 2.45) is 10.4 Å². The van der Waals surface area contributed by atoms with E-state index < -0.39 is 11.7 Å². The lowest BCUT2D eigenvalue weighted by atomic mass is 9.67. The summed E-state index contributed by atoms with van der Waals surface area (Å²) in [4.78, 5) is 4.71. The Morgan fingerprint density at radius 3 is 2.41 bits per heavy atom. The van der Waals surface area contributed by atoms with Crippen molar-refractivity contribution in [1.29, 1.82) is 0 Å². The number of aliphatic imine (C=N–C) groups is 1. The number of hydrogen-bond acceptors (Lipinski definition) is 1. The molecule has 0 amide bonds. The van der Waals surface area contributed by atoms with Crippen molar-refractivity contribution in [3.63, 3.8) is 0 Å². The van der Waals surface area contributed by atoms with Crippen LogP contribution in [0.25, 0.3) is 0 Å². The molecule has 5 heteroatoms. The quantitative estimate of drug-likeness (QED) is 0.665. The topological polar surface area (TPSA) is 24.4 Å². The zero-order valence-electron chi connectivity index (χ0n) is 15.1. The Morgan fingerprint density at radius 2 is 1.63 bits per heavy atom. The minimum Gasteiger partial charge on any atom is -0.343 e. The van der Waals surface area contributed by atoms with Gasteiger partial charge in [-0.05, 0) is 42.5 Å². The lowest BCUT2D eigenvalue weighted by Gasteiger charge is -2.42. The van der Waals surface area contributed by atoms with Crippen LogP contribution in [-0.4, -0.2) is 5.84 Å². The maximum atomic E-state index is 13.3. The Hall–Kier alpha value is -2.30. The van der Waals surface area contributed by atoms with Crippen LogP contribution in [-0.2, 0) is 19.1 Å². The van der Waals surface area contributed by atoms with E-state index in [2.05, 4.69) is 11.4 Å². The van der Waals surface area contributed by atoms with Crippen LogP contribution in [0, 0.1) is 5.41 Å². The van der Waals surface area contributed by atoms with Gasteiger partial charge in [-0.2, -0.15) is 13.2 Å². The van der Waals surface area contributed by atoms with E-state index in [1.165, 1.54) is 24.1 Å². The Kier molecular flexibility index (Phi) is 4.70. The first-order valence-corrected chi connectivity index (χ1v) is 9.53. The lowest BCUT2D eigenvalue weighted by molar-refractivity contribution is -0.138. The van der Waals surface area contributed by atoms with Crippen LogP contribution in [0.1, 0.15) is 48.8 Å². The van der Waals surface area contributed by atoms with Gasteiger partial charge in [0.1, 0.15) is 5.84 Å². The summed E-state index contributed by atoms with van der Waals surface area (Å²) in [6.07, 6.45) is 2.13. The van der Waals surface area contributed by atoms with Crippen molar-refractivity contribution < 1.29 is 13.2 Å². The number of nitrogens with one attached hydrogen (secondary N) is 1. The van der Waals surface area contributed by atoms with Crippen molar-refractivity contribution in [1.82, 2.24) is 0 Å². The van der Waals surface area contributed by atoms with Gasteiger partial charge in [0.25, 0.3) is 0 Å². The van der Waals surface area contributed by atoms with Gasteiger partial charge in [0.05, 0.1) is 12.1 Å². The fraction of sp³-hybridized carbons (Fsp3) is 0.409. The van der Waals surface area contributed by atoms with Gasteiger partial charge in [-0.3, -0.25) is 4.99 Å². The highest BCUT2D eigenvalue weighted by atomic mass is 19.4. The molecule has 2 aromatic rings. The number of rotatable bonds is 2. The van der Waals surface area contributed by atoms with Gasteiger partial charge in [0.15, 0.2) is 0 Å². The number of amidine groups is 1. The standard InChI is InChI=1S/C22H23F3N2/c23-22(24,25)18-10-4-2-9-17(18)15-26-20-21(12-6-1-7-13-21)14-16-8-3-5-11-19(16)27-20/h2-5,8-11H,1,6-7,12-15H2,(H,26,27). The van der Waals surface area contributed by atoms with Gasteiger partial charge in [-0.1, -0.05) is 55.7 Å². The van der Waals surface area contributed by atoms with Gasteiger partial charge in [0, 0.05) is 11.1 Å². The Balaban J connectivity index is 1.69. The third-order valence-electron chi connectivity index (χ3n) is 5.84. The van der Waals surface area contributed by atoms with Crippen LogP contribution in [0.15, 0.2) is 53.5 Å². The van der Waals surface area contributed by atoms with E-state index in [1.807, 2.05) is 18.2 Å². The summed E-state index contributed by atoms with van der Waals surface area (Å²) < 4.78 is 39.9. The van der Waals surface area contributed by atoms with Crippen LogP contribution in [0.3, 0.4) is 0 Å². The van der Waals surface area contributed by atoms with Gasteiger partial charge in [-0.15, -0.1) is 0 Å². The van der Waals surface area contributed by atoms with Gasteiger partial charge in [-0.25, -0.2) is 0 Å². The molecule has 27 heavy (non-hydrogen) atoms. The summed E-state index contributed by atoms with van der Waals surface area (Å²) in [6, 6.07) is 13.9. The molecule has 1 fully saturated rings. The third-order valence-corrected chi connectivity index (χ3v) is 5.84. The summed E-state index contributed by atoms with van der Waals surface area (Å²) in [5, 5.41) is 3.45. The Labute approximate surface area is 157 Å². The molecule has 2 nitrogen and oxygen atoms in total. The molecule has 1 aliphatic carbocycles. The van der Waals surface area contributed by atoms with Crippen LogP contribution in [0.5, 0.6) is 0 Å². The van der Waals surface area contributed by atoms with E-state index >= 15 is 0 Å².